The minimum atomic E-state index is -0.296. The standard InChI is InChI=1S/C25H22ClN5O2S/c26-22-7-5-18(15-21(22)24-20-4-2-1-3-17(20)9-10-27-24)29-25(34)31(32)19-6-8-23(28-16-19)30-11-13-33-14-12-30/h1-10,15-16,31H,11-14H2,(H,29,34). The molecule has 0 bridgehead atoms. The summed E-state index contributed by atoms with van der Waals surface area (Å²) in [6.45, 7) is 2.91. The molecule has 1 saturated heterocycles. The molecule has 4 aromatic rings. The van der Waals surface area contributed by atoms with Crippen molar-refractivity contribution in [3.05, 3.63) is 83.3 Å². The molecule has 34 heavy (non-hydrogen) atoms. The molecule has 2 N–H and O–H groups in total. The summed E-state index contributed by atoms with van der Waals surface area (Å²) in [6.07, 6.45) is 3.32. The number of anilines is 2. The second-order valence-corrected chi connectivity index (χ2v) is 8.68. The number of aromatic nitrogens is 2. The highest BCUT2D eigenvalue weighted by atomic mass is 35.5. The van der Waals surface area contributed by atoms with Crippen LogP contribution in [0.15, 0.2) is 73.1 Å². The Morgan fingerprint density at radius 1 is 1.06 bits per heavy atom. The maximum Gasteiger partial charge on any atom is 0.277 e. The Kier molecular flexibility index (Phi) is 6.66. The Morgan fingerprint density at radius 2 is 1.88 bits per heavy atom. The van der Waals surface area contributed by atoms with Crippen LogP contribution in [0, 0.1) is 5.21 Å². The van der Waals surface area contributed by atoms with Crippen LogP contribution in [0.3, 0.4) is 0 Å². The molecule has 0 aliphatic carbocycles. The third-order valence-electron chi connectivity index (χ3n) is 5.70. The van der Waals surface area contributed by atoms with E-state index >= 15 is 0 Å². The molecule has 2 aromatic heterocycles. The number of halogens is 1. The fourth-order valence-electron chi connectivity index (χ4n) is 3.94. The zero-order valence-corrected chi connectivity index (χ0v) is 19.8. The van der Waals surface area contributed by atoms with Gasteiger partial charge in [0, 0.05) is 54.2 Å². The number of ether oxygens (including phenoxy) is 1. The van der Waals surface area contributed by atoms with Crippen molar-refractivity contribution in [2.75, 3.05) is 36.5 Å². The SMILES string of the molecule is [O-][NH+](C(=S)Nc1ccc(Cl)c(-c2nccc3ccccc23)c1)c1ccc(N2CCOCC2)nc1. The summed E-state index contributed by atoms with van der Waals surface area (Å²) < 4.78 is 5.38. The van der Waals surface area contributed by atoms with Crippen LogP contribution in [-0.4, -0.2) is 41.4 Å². The van der Waals surface area contributed by atoms with Crippen LogP contribution in [0.5, 0.6) is 0 Å². The van der Waals surface area contributed by atoms with Crippen LogP contribution in [0.1, 0.15) is 0 Å². The van der Waals surface area contributed by atoms with Crippen molar-refractivity contribution in [2.45, 2.75) is 0 Å². The zero-order valence-electron chi connectivity index (χ0n) is 18.2. The third kappa shape index (κ3) is 4.72. The second kappa shape index (κ2) is 10.0. The maximum atomic E-state index is 12.9. The lowest BCUT2D eigenvalue weighted by atomic mass is 10.0. The van der Waals surface area contributed by atoms with E-state index in [0.29, 0.717) is 29.6 Å². The third-order valence-corrected chi connectivity index (χ3v) is 6.32. The van der Waals surface area contributed by atoms with E-state index in [1.54, 1.807) is 30.6 Å². The summed E-state index contributed by atoms with van der Waals surface area (Å²) in [4.78, 5) is 11.1. The van der Waals surface area contributed by atoms with E-state index in [0.717, 1.165) is 40.9 Å². The second-order valence-electron chi connectivity index (χ2n) is 7.86. The molecule has 3 heterocycles. The number of thiocarbonyl (C=S) groups is 1. The maximum absolute atomic E-state index is 12.9. The molecule has 1 aliphatic rings. The topological polar surface area (TPSA) is 77.8 Å². The van der Waals surface area contributed by atoms with Gasteiger partial charge in [-0.25, -0.2) is 4.98 Å². The Bertz CT molecular complexity index is 1320. The van der Waals surface area contributed by atoms with Crippen LogP contribution in [0.4, 0.5) is 17.2 Å². The van der Waals surface area contributed by atoms with Crippen molar-refractivity contribution >= 4 is 56.9 Å². The molecule has 5 rings (SSSR count). The van der Waals surface area contributed by atoms with Crippen molar-refractivity contribution in [1.82, 2.24) is 9.97 Å². The van der Waals surface area contributed by atoms with Gasteiger partial charge in [0.2, 0.25) is 0 Å². The normalized spacial score (nSPS) is 14.7. The minimum absolute atomic E-state index is 0.0834. The molecule has 7 nitrogen and oxygen atoms in total. The summed E-state index contributed by atoms with van der Waals surface area (Å²) in [7, 11) is 0. The molecule has 172 valence electrons. The highest BCUT2D eigenvalue weighted by molar-refractivity contribution is 7.80. The van der Waals surface area contributed by atoms with Gasteiger partial charge >= 0.3 is 0 Å². The number of rotatable bonds is 4. The van der Waals surface area contributed by atoms with Crippen molar-refractivity contribution in [2.24, 2.45) is 0 Å². The van der Waals surface area contributed by atoms with Crippen molar-refractivity contribution in [1.29, 1.82) is 0 Å². The summed E-state index contributed by atoms with van der Waals surface area (Å²) in [5, 5.41) is 18.4. The number of quaternary nitrogens is 1. The smallest absolute Gasteiger partial charge is 0.277 e. The lowest BCUT2D eigenvalue weighted by Crippen LogP contribution is -3.06. The van der Waals surface area contributed by atoms with Crippen LogP contribution >= 0.6 is 23.8 Å². The van der Waals surface area contributed by atoms with Crippen molar-refractivity contribution in [3.8, 4) is 11.3 Å². The molecule has 9 heteroatoms. The molecule has 1 atom stereocenters. The molecule has 0 radical (unpaired) electrons. The summed E-state index contributed by atoms with van der Waals surface area (Å²) >= 11 is 11.9. The van der Waals surface area contributed by atoms with Gasteiger partial charge in [-0.15, -0.1) is 0 Å². The number of hydrogen-bond acceptors (Lipinski definition) is 6. The first-order valence-electron chi connectivity index (χ1n) is 10.9. The molecule has 1 fully saturated rings. The van der Waals surface area contributed by atoms with E-state index in [9.17, 15) is 5.21 Å². The number of morpholine rings is 1. The number of pyridine rings is 2. The number of nitrogens with zero attached hydrogens (tertiary/aromatic N) is 3. The van der Waals surface area contributed by atoms with Crippen molar-refractivity contribution in [3.63, 3.8) is 0 Å². The van der Waals surface area contributed by atoms with E-state index in [-0.39, 0.29) is 10.2 Å². The van der Waals surface area contributed by atoms with E-state index in [1.807, 2.05) is 42.5 Å². The monoisotopic (exact) mass is 491 g/mol. The van der Waals surface area contributed by atoms with E-state index in [2.05, 4.69) is 20.2 Å². The van der Waals surface area contributed by atoms with Gasteiger partial charge in [0.05, 0.1) is 30.1 Å². The summed E-state index contributed by atoms with van der Waals surface area (Å²) in [5.41, 5.74) is 2.62. The van der Waals surface area contributed by atoms with Crippen molar-refractivity contribution < 1.29 is 9.80 Å². The number of fused-ring (bicyclic) bond motifs is 1. The Hall–Kier alpha value is -3.14. The Labute approximate surface area is 207 Å². The number of hydroxylamine groups is 1. The highest BCUT2D eigenvalue weighted by Gasteiger charge is 2.16. The molecule has 0 spiro atoms. The fraction of sp³-hybridized carbons (Fsp3) is 0.160. The number of benzene rings is 2. The predicted octanol–water partition coefficient (Wildman–Crippen LogP) is 4.20. The Morgan fingerprint density at radius 3 is 2.68 bits per heavy atom. The average Bonchev–Trinajstić information content (AvgIpc) is 2.89. The zero-order chi connectivity index (χ0) is 23.5. The molecule has 0 saturated carbocycles. The molecule has 0 amide bonds. The van der Waals surface area contributed by atoms with Crippen LogP contribution in [-0.2, 0) is 4.74 Å². The summed E-state index contributed by atoms with van der Waals surface area (Å²) in [6, 6.07) is 19.0. The number of hydrogen-bond donors (Lipinski definition) is 2. The highest BCUT2D eigenvalue weighted by Crippen LogP contribution is 2.33. The van der Waals surface area contributed by atoms with E-state index < -0.39 is 0 Å². The molecule has 1 aliphatic heterocycles. The van der Waals surface area contributed by atoms with Gasteiger partial charge in [0.15, 0.2) is 5.69 Å². The van der Waals surface area contributed by atoms with E-state index in [1.165, 1.54) is 0 Å². The van der Waals surface area contributed by atoms with Crippen LogP contribution in [0.2, 0.25) is 5.02 Å². The minimum Gasteiger partial charge on any atom is -0.622 e. The Balaban J connectivity index is 1.35. The van der Waals surface area contributed by atoms with Gasteiger partial charge in [0.1, 0.15) is 5.82 Å². The molecule has 2 aromatic carbocycles. The van der Waals surface area contributed by atoms with Crippen LogP contribution < -0.4 is 15.3 Å². The molecular weight excluding hydrogens is 470 g/mol. The van der Waals surface area contributed by atoms with Gasteiger partial charge < -0.3 is 20.2 Å². The van der Waals surface area contributed by atoms with Gasteiger partial charge in [-0.1, -0.05) is 35.9 Å². The quantitative estimate of drug-likeness (QED) is 0.327. The molecule has 1 unspecified atom stereocenters. The first-order valence-corrected chi connectivity index (χ1v) is 11.7. The van der Waals surface area contributed by atoms with E-state index in [4.69, 9.17) is 28.6 Å². The van der Waals surface area contributed by atoms with Crippen LogP contribution in [0.25, 0.3) is 22.0 Å². The van der Waals surface area contributed by atoms with Gasteiger partial charge in [-0.3, -0.25) is 10.0 Å². The average molecular weight is 492 g/mol. The summed E-state index contributed by atoms with van der Waals surface area (Å²) in [5.74, 6) is 0.823. The lowest BCUT2D eigenvalue weighted by molar-refractivity contribution is -0.664. The lowest BCUT2D eigenvalue weighted by Gasteiger charge is -2.28. The van der Waals surface area contributed by atoms with Gasteiger partial charge in [-0.05, 0) is 35.7 Å². The molecular formula is C25H22ClN5O2S. The fourth-order valence-corrected chi connectivity index (χ4v) is 4.38. The van der Waals surface area contributed by atoms with Gasteiger partial charge in [-0.2, -0.15) is 0 Å². The number of nitrogens with one attached hydrogen (secondary N) is 2. The van der Waals surface area contributed by atoms with Gasteiger partial charge in [0.25, 0.3) is 5.11 Å². The first-order chi connectivity index (χ1) is 16.6. The first kappa shape index (κ1) is 22.6. The predicted molar refractivity (Wildman–Crippen MR) is 140 cm³/mol. The largest absolute Gasteiger partial charge is 0.622 e.